The third-order valence-electron chi connectivity index (χ3n) is 17.7. The number of benzene rings is 3. The van der Waals surface area contributed by atoms with Gasteiger partial charge in [0.25, 0.3) is 23.6 Å². The SMILES string of the molecule is COc1cc2c(cc1OCCCCCOc1cc3c(cc1OCCCNC(=O)OCc1ccc(NC(=O)[C@H](C)CC(=O)[C@@H](NC(=O)CCOCCOCCOCCOCCOCCOCCOCCOCCNC(=O)CCN4C(=O)C=CC4=O)C(C)C)cc1)C(=O)N1C=C(C)C[C@H]1C=N3)N=C[C@@H]1CC(C)=CN1C2=O. The van der Waals surface area contributed by atoms with Gasteiger partial charge in [0.05, 0.1) is 173 Å². The van der Waals surface area contributed by atoms with Gasteiger partial charge in [-0.3, -0.25) is 53.2 Å². The fourth-order valence-corrected chi connectivity index (χ4v) is 11.8. The quantitative estimate of drug-likeness (QED) is 0.0318. The van der Waals surface area contributed by atoms with E-state index in [1.807, 2.05) is 40.1 Å². The lowest BCUT2D eigenvalue weighted by molar-refractivity contribution is -0.137. The van der Waals surface area contributed by atoms with Crippen LogP contribution in [-0.4, -0.2) is 251 Å². The number of anilines is 1. The summed E-state index contributed by atoms with van der Waals surface area (Å²) in [6.07, 6.45) is 13.0. The van der Waals surface area contributed by atoms with Crippen molar-refractivity contribution in [1.82, 2.24) is 30.7 Å². The number of unbranched alkanes of at least 4 members (excludes halogenated alkanes) is 2. The zero-order chi connectivity index (χ0) is 77.7. The molecule has 0 radical (unpaired) electrons. The van der Waals surface area contributed by atoms with Gasteiger partial charge in [0.1, 0.15) is 6.61 Å². The first kappa shape index (κ1) is 85.1. The molecular formula is C78H105N9O22. The highest BCUT2D eigenvalue weighted by Crippen LogP contribution is 2.41. The van der Waals surface area contributed by atoms with E-state index in [0.29, 0.717) is 195 Å². The van der Waals surface area contributed by atoms with Gasteiger partial charge in [-0.15, -0.1) is 0 Å². The smallest absolute Gasteiger partial charge is 0.407 e. The molecule has 31 heteroatoms. The molecule has 0 aliphatic carbocycles. The monoisotopic (exact) mass is 1520 g/mol. The van der Waals surface area contributed by atoms with Gasteiger partial charge in [0.15, 0.2) is 28.8 Å². The molecule has 0 spiro atoms. The van der Waals surface area contributed by atoms with Crippen LogP contribution in [0.2, 0.25) is 0 Å². The number of imide groups is 1. The summed E-state index contributed by atoms with van der Waals surface area (Å²) in [6, 6.07) is 12.5. The number of Topliss-reactive ketones (excluding diaryl/α,β-unsaturated/α-hetero) is 1. The van der Waals surface area contributed by atoms with E-state index in [4.69, 9.17) is 66.6 Å². The first-order chi connectivity index (χ1) is 52.8. The molecule has 3 aromatic carbocycles. The minimum atomic E-state index is -0.800. The van der Waals surface area contributed by atoms with Gasteiger partial charge in [-0.2, -0.15) is 0 Å². The second kappa shape index (κ2) is 46.1. The first-order valence-electron chi connectivity index (χ1n) is 37.3. The second-order valence-electron chi connectivity index (χ2n) is 26.7. The van der Waals surface area contributed by atoms with Gasteiger partial charge in [0.2, 0.25) is 17.7 Å². The maximum Gasteiger partial charge on any atom is 0.407 e. The standard InChI is InChI=1S/C78H105N9O22/c1-53(2)74(84-71(90)18-25-98-27-29-100-31-33-102-35-37-104-39-40-105-38-36-103-34-32-101-30-28-99-26-20-79-70(89)17-21-85-72(91)15-16-73(85)92)65(88)43-56(5)75(93)83-58-13-11-57(12-14-58)52-109-78(96)80-19-10-24-108-67-45-62-64(82-49-60-42-55(4)51-87(60)77(62)95)47-69(67)107-23-9-7-8-22-106-68-46-63-61(44-66(68)97-6)76(94)86-50-54(3)41-59(86)48-81-63/h11-16,44-51,53,56,59-60,74H,7-10,17-43,52H2,1-6H3,(H,79,89)(H,80,96)(H,83,93)(H,84,90)/t56-,59+,60+,74+/m1/s1. The number of nitrogens with one attached hydrogen (secondary N) is 4. The van der Waals surface area contributed by atoms with E-state index in [1.54, 1.807) is 84.8 Å². The molecule has 4 N–H and O–H groups in total. The Morgan fingerprint density at radius 1 is 0.523 bits per heavy atom. The number of rotatable bonds is 53. The zero-order valence-corrected chi connectivity index (χ0v) is 63.3. The Hall–Kier alpha value is -9.47. The Morgan fingerprint density at radius 3 is 1.50 bits per heavy atom. The maximum absolute atomic E-state index is 13.8. The second-order valence-corrected chi connectivity index (χ2v) is 26.7. The van der Waals surface area contributed by atoms with Crippen molar-refractivity contribution >= 4 is 82.7 Å². The number of hydrogen-bond acceptors (Lipinski definition) is 24. The Morgan fingerprint density at radius 2 is 0.991 bits per heavy atom. The Balaban J connectivity index is 0.609. The summed E-state index contributed by atoms with van der Waals surface area (Å²) in [5, 5.41) is 11.1. The van der Waals surface area contributed by atoms with Gasteiger partial charge in [-0.05, 0) is 88.1 Å². The van der Waals surface area contributed by atoms with Gasteiger partial charge in [0, 0.05) is 99.6 Å². The topological polar surface area (TPSA) is 356 Å². The fourth-order valence-electron chi connectivity index (χ4n) is 11.8. The van der Waals surface area contributed by atoms with Crippen LogP contribution in [-0.2, 0) is 78.0 Å². The summed E-state index contributed by atoms with van der Waals surface area (Å²) in [5.74, 6) is -1.62. The molecule has 0 aromatic heterocycles. The lowest BCUT2D eigenvalue weighted by Gasteiger charge is -2.23. The molecule has 5 heterocycles. The molecule has 5 aliphatic heterocycles. The minimum Gasteiger partial charge on any atom is -0.493 e. The van der Waals surface area contributed by atoms with Crippen LogP contribution in [0, 0.1) is 11.8 Å². The van der Waals surface area contributed by atoms with Crippen LogP contribution >= 0.6 is 0 Å². The highest BCUT2D eigenvalue weighted by atomic mass is 16.6. The fraction of sp³-hybridized carbons (Fsp3) is 0.551. The number of hydrogen-bond donors (Lipinski definition) is 4. The van der Waals surface area contributed by atoms with Crippen molar-refractivity contribution in [3.63, 3.8) is 0 Å². The van der Waals surface area contributed by atoms with E-state index >= 15 is 0 Å². The molecule has 5 aliphatic rings. The molecule has 3 aromatic rings. The molecule has 8 rings (SSSR count). The van der Waals surface area contributed by atoms with E-state index < -0.39 is 29.9 Å². The molecule has 0 bridgehead atoms. The summed E-state index contributed by atoms with van der Waals surface area (Å²) in [4.78, 5) is 128. The normalized spacial score (nSPS) is 16.0. The van der Waals surface area contributed by atoms with Crippen LogP contribution in [0.4, 0.5) is 21.9 Å². The van der Waals surface area contributed by atoms with Crippen molar-refractivity contribution in [3.05, 3.63) is 101 Å². The Labute approximate surface area is 636 Å². The van der Waals surface area contributed by atoms with Gasteiger partial charge in [-0.25, -0.2) is 4.79 Å². The van der Waals surface area contributed by atoms with Gasteiger partial charge in [-0.1, -0.05) is 44.1 Å². The van der Waals surface area contributed by atoms with E-state index in [-0.39, 0.29) is 112 Å². The summed E-state index contributed by atoms with van der Waals surface area (Å²) < 4.78 is 73.8. The van der Waals surface area contributed by atoms with Crippen LogP contribution < -0.4 is 40.2 Å². The lowest BCUT2D eigenvalue weighted by atomic mass is 9.92. The molecular weight excluding hydrogens is 1410 g/mol. The molecule has 594 valence electrons. The van der Waals surface area contributed by atoms with Crippen molar-refractivity contribution < 1.29 is 105 Å². The van der Waals surface area contributed by atoms with Crippen molar-refractivity contribution in [1.29, 1.82) is 0 Å². The summed E-state index contributed by atoms with van der Waals surface area (Å²) in [6.45, 7) is 16.3. The van der Waals surface area contributed by atoms with Crippen LogP contribution in [0.25, 0.3) is 0 Å². The zero-order valence-electron chi connectivity index (χ0n) is 63.3. The van der Waals surface area contributed by atoms with E-state index in [0.717, 1.165) is 28.9 Å². The average Bonchev–Trinajstić information content (AvgIpc) is 1.70. The third kappa shape index (κ3) is 28.5. The molecule has 0 saturated heterocycles. The van der Waals surface area contributed by atoms with Gasteiger partial charge < -0.3 is 92.6 Å². The molecule has 0 unspecified atom stereocenters. The Bertz CT molecular complexity index is 3670. The van der Waals surface area contributed by atoms with E-state index in [2.05, 4.69) is 26.3 Å². The lowest BCUT2D eigenvalue weighted by Crippen LogP contribution is -2.45. The molecule has 109 heavy (non-hydrogen) atoms. The number of carbonyl (C=O) groups excluding carboxylic acids is 9. The number of alkyl carbamates (subject to hydrolysis) is 1. The molecule has 8 amide bonds. The summed E-state index contributed by atoms with van der Waals surface area (Å²) in [5.41, 5.74) is 5.19. The highest BCUT2D eigenvalue weighted by Gasteiger charge is 2.35. The number of methoxy groups -OCH3 is 1. The number of carbonyl (C=O) groups is 9. The van der Waals surface area contributed by atoms with Crippen molar-refractivity contribution in [2.45, 2.75) is 117 Å². The molecule has 0 saturated carbocycles. The van der Waals surface area contributed by atoms with Crippen LogP contribution in [0.3, 0.4) is 0 Å². The molecule has 0 fully saturated rings. The highest BCUT2D eigenvalue weighted by molar-refractivity contribution is 6.13. The largest absolute Gasteiger partial charge is 0.493 e. The van der Waals surface area contributed by atoms with Crippen LogP contribution in [0.1, 0.15) is 119 Å². The number of nitrogens with zero attached hydrogens (tertiary/aromatic N) is 5. The van der Waals surface area contributed by atoms with Crippen molar-refractivity contribution in [2.75, 3.05) is 158 Å². The van der Waals surface area contributed by atoms with E-state index in [9.17, 15) is 43.2 Å². The van der Waals surface area contributed by atoms with E-state index in [1.165, 1.54) is 12.2 Å². The van der Waals surface area contributed by atoms with Gasteiger partial charge >= 0.3 is 6.09 Å². The summed E-state index contributed by atoms with van der Waals surface area (Å²) >= 11 is 0. The van der Waals surface area contributed by atoms with Crippen molar-refractivity contribution in [2.24, 2.45) is 21.8 Å². The van der Waals surface area contributed by atoms with Crippen LogP contribution in [0.5, 0.6) is 23.0 Å². The Kier molecular flexibility index (Phi) is 36.0. The maximum atomic E-state index is 13.8. The van der Waals surface area contributed by atoms with Crippen LogP contribution in [0.15, 0.2) is 94.2 Å². The predicted molar refractivity (Wildman–Crippen MR) is 401 cm³/mol. The number of fused-ring (bicyclic) bond motifs is 4. The predicted octanol–water partition coefficient (Wildman–Crippen LogP) is 7.32. The number of aliphatic imine (C=N–C) groups is 2. The number of ether oxygens (including phenoxy) is 13. The summed E-state index contributed by atoms with van der Waals surface area (Å²) in [7, 11) is 1.54. The number of amides is 8. The molecule has 31 nitrogen and oxygen atoms in total. The minimum absolute atomic E-state index is 0.0271. The first-order valence-corrected chi connectivity index (χ1v) is 37.3. The molecule has 4 atom stereocenters. The average molecular weight is 1520 g/mol. The van der Waals surface area contributed by atoms with Crippen molar-refractivity contribution in [3.8, 4) is 23.0 Å². The third-order valence-corrected chi connectivity index (χ3v) is 17.7. The number of ketones is 1.